The highest BCUT2D eigenvalue weighted by Crippen LogP contribution is 2.10. The van der Waals surface area contributed by atoms with E-state index in [-0.39, 0.29) is 11.7 Å². The Hall–Kier alpha value is -1.51. The number of hydrogen-bond donors (Lipinski definition) is 1. The second-order valence-corrected chi connectivity index (χ2v) is 3.04. The van der Waals surface area contributed by atoms with E-state index in [1.165, 1.54) is 12.1 Å². The lowest BCUT2D eigenvalue weighted by Gasteiger charge is -2.03. The molecule has 1 N–H and O–H groups in total. The number of benzene rings is 1. The Labute approximate surface area is 97.1 Å². The van der Waals surface area contributed by atoms with Gasteiger partial charge in [0.25, 0.3) is 0 Å². The van der Waals surface area contributed by atoms with E-state index in [9.17, 15) is 4.79 Å². The number of esters is 1. The molecule has 0 saturated heterocycles. The van der Waals surface area contributed by atoms with Gasteiger partial charge in [0, 0.05) is 0 Å². The van der Waals surface area contributed by atoms with Crippen LogP contribution in [0, 0.1) is 0 Å². The summed E-state index contributed by atoms with van der Waals surface area (Å²) in [5, 5.41) is 9.00. The molecule has 90 valence electrons. The third kappa shape index (κ3) is 5.39. The van der Waals surface area contributed by atoms with Crippen LogP contribution in [0.5, 0.6) is 5.75 Å². The van der Waals surface area contributed by atoms with Gasteiger partial charge in [0.15, 0.2) is 0 Å². The topological polar surface area (TPSA) is 46.5 Å². The van der Waals surface area contributed by atoms with Gasteiger partial charge in [0.1, 0.15) is 5.75 Å². The van der Waals surface area contributed by atoms with Crippen LogP contribution in [-0.4, -0.2) is 17.7 Å². The molecule has 0 radical (unpaired) electrons. The van der Waals surface area contributed by atoms with E-state index in [0.717, 1.165) is 12.8 Å². The summed E-state index contributed by atoms with van der Waals surface area (Å²) in [6.45, 7) is 6.49. The summed E-state index contributed by atoms with van der Waals surface area (Å²) in [5.74, 6) is -0.187. The SMILES string of the molecule is CC.CCCCOC(=O)c1ccc(O)cc1. The van der Waals surface area contributed by atoms with Gasteiger partial charge in [-0.2, -0.15) is 0 Å². The minimum atomic E-state index is -0.335. The van der Waals surface area contributed by atoms with Crippen LogP contribution < -0.4 is 0 Å². The summed E-state index contributed by atoms with van der Waals surface area (Å²) in [6, 6.07) is 6.03. The number of carbonyl (C=O) groups is 1. The van der Waals surface area contributed by atoms with Gasteiger partial charge >= 0.3 is 5.97 Å². The van der Waals surface area contributed by atoms with E-state index in [1.54, 1.807) is 12.1 Å². The van der Waals surface area contributed by atoms with Crippen LogP contribution in [0.25, 0.3) is 0 Å². The van der Waals surface area contributed by atoms with Crippen molar-refractivity contribution >= 4 is 5.97 Å². The first-order chi connectivity index (χ1) is 7.74. The molecule has 1 aromatic rings. The second kappa shape index (κ2) is 8.77. The predicted molar refractivity (Wildman–Crippen MR) is 64.6 cm³/mol. The molecule has 0 heterocycles. The van der Waals surface area contributed by atoms with E-state index >= 15 is 0 Å². The van der Waals surface area contributed by atoms with Gasteiger partial charge in [-0.05, 0) is 30.7 Å². The highest BCUT2D eigenvalue weighted by molar-refractivity contribution is 5.89. The third-order valence-corrected chi connectivity index (χ3v) is 1.83. The zero-order chi connectivity index (χ0) is 12.4. The molecule has 0 amide bonds. The fourth-order valence-electron chi connectivity index (χ4n) is 0.990. The third-order valence-electron chi connectivity index (χ3n) is 1.83. The lowest BCUT2D eigenvalue weighted by atomic mass is 10.2. The highest BCUT2D eigenvalue weighted by atomic mass is 16.5. The molecule has 1 rings (SSSR count). The molecule has 0 aliphatic heterocycles. The van der Waals surface area contributed by atoms with E-state index in [0.29, 0.717) is 12.2 Å². The number of carbonyl (C=O) groups excluding carboxylic acids is 1. The molecule has 0 aromatic heterocycles. The quantitative estimate of drug-likeness (QED) is 0.630. The molecular weight excluding hydrogens is 204 g/mol. The Morgan fingerprint density at radius 2 is 1.81 bits per heavy atom. The van der Waals surface area contributed by atoms with Crippen LogP contribution in [0.3, 0.4) is 0 Å². The van der Waals surface area contributed by atoms with Crippen molar-refractivity contribution in [1.82, 2.24) is 0 Å². The van der Waals surface area contributed by atoms with E-state index in [4.69, 9.17) is 9.84 Å². The smallest absolute Gasteiger partial charge is 0.338 e. The van der Waals surface area contributed by atoms with Gasteiger partial charge in [-0.1, -0.05) is 27.2 Å². The van der Waals surface area contributed by atoms with Crippen molar-refractivity contribution < 1.29 is 14.6 Å². The van der Waals surface area contributed by atoms with Crippen molar-refractivity contribution in [2.24, 2.45) is 0 Å². The average Bonchev–Trinajstić information content (AvgIpc) is 2.33. The van der Waals surface area contributed by atoms with Gasteiger partial charge < -0.3 is 9.84 Å². The van der Waals surface area contributed by atoms with Crippen molar-refractivity contribution in [2.75, 3.05) is 6.61 Å². The van der Waals surface area contributed by atoms with Gasteiger partial charge in [0.2, 0.25) is 0 Å². The molecule has 0 fully saturated rings. The van der Waals surface area contributed by atoms with E-state index in [1.807, 2.05) is 20.8 Å². The molecule has 3 nitrogen and oxygen atoms in total. The van der Waals surface area contributed by atoms with E-state index < -0.39 is 0 Å². The zero-order valence-electron chi connectivity index (χ0n) is 10.2. The lowest BCUT2D eigenvalue weighted by Crippen LogP contribution is -2.05. The van der Waals surface area contributed by atoms with Gasteiger partial charge in [-0.25, -0.2) is 4.79 Å². The number of unbranched alkanes of at least 4 members (excludes halogenated alkanes) is 1. The molecule has 0 atom stereocenters. The van der Waals surface area contributed by atoms with Crippen LogP contribution in [0.15, 0.2) is 24.3 Å². The molecular formula is C13H20O3. The van der Waals surface area contributed by atoms with Crippen LogP contribution >= 0.6 is 0 Å². The number of hydrogen-bond acceptors (Lipinski definition) is 3. The maximum absolute atomic E-state index is 11.3. The Morgan fingerprint density at radius 1 is 1.25 bits per heavy atom. The van der Waals surface area contributed by atoms with Crippen molar-refractivity contribution in [1.29, 1.82) is 0 Å². The summed E-state index contributed by atoms with van der Waals surface area (Å²) < 4.78 is 4.99. The zero-order valence-corrected chi connectivity index (χ0v) is 10.2. The standard InChI is InChI=1S/C11H14O3.C2H6/c1-2-3-8-14-11(13)9-4-6-10(12)7-5-9;1-2/h4-7,12H,2-3,8H2,1H3;1-2H3. The first-order valence-electron chi connectivity index (χ1n) is 5.70. The van der Waals surface area contributed by atoms with Crippen LogP contribution in [0.4, 0.5) is 0 Å². The monoisotopic (exact) mass is 224 g/mol. The molecule has 0 bridgehead atoms. The van der Waals surface area contributed by atoms with Crippen molar-refractivity contribution in [2.45, 2.75) is 33.6 Å². The number of phenols is 1. The molecule has 3 heteroatoms. The number of ether oxygens (including phenoxy) is 1. The predicted octanol–water partition coefficient (Wildman–Crippen LogP) is 3.38. The van der Waals surface area contributed by atoms with E-state index in [2.05, 4.69) is 0 Å². The lowest BCUT2D eigenvalue weighted by molar-refractivity contribution is 0.0500. The minimum absolute atomic E-state index is 0.148. The fourth-order valence-corrected chi connectivity index (χ4v) is 0.990. The van der Waals surface area contributed by atoms with Crippen LogP contribution in [0.2, 0.25) is 0 Å². The molecule has 16 heavy (non-hydrogen) atoms. The van der Waals surface area contributed by atoms with Gasteiger partial charge in [0.05, 0.1) is 12.2 Å². The number of rotatable bonds is 4. The Kier molecular flexibility index (Phi) is 7.94. The Bertz CT molecular complexity index is 291. The fraction of sp³-hybridized carbons (Fsp3) is 0.462. The summed E-state index contributed by atoms with van der Waals surface area (Å²) in [5.41, 5.74) is 0.471. The summed E-state index contributed by atoms with van der Waals surface area (Å²) in [7, 11) is 0. The van der Waals surface area contributed by atoms with Crippen LogP contribution in [-0.2, 0) is 4.74 Å². The summed E-state index contributed by atoms with van der Waals surface area (Å²) >= 11 is 0. The van der Waals surface area contributed by atoms with Crippen molar-refractivity contribution in [3.8, 4) is 5.75 Å². The van der Waals surface area contributed by atoms with Crippen molar-refractivity contribution in [3.05, 3.63) is 29.8 Å². The molecule has 0 aliphatic carbocycles. The highest BCUT2D eigenvalue weighted by Gasteiger charge is 2.05. The number of aromatic hydroxyl groups is 1. The van der Waals surface area contributed by atoms with Crippen LogP contribution in [0.1, 0.15) is 44.0 Å². The minimum Gasteiger partial charge on any atom is -0.508 e. The maximum atomic E-state index is 11.3. The van der Waals surface area contributed by atoms with Gasteiger partial charge in [-0.15, -0.1) is 0 Å². The summed E-state index contributed by atoms with van der Waals surface area (Å²) in [4.78, 5) is 11.3. The normalized spacial score (nSPS) is 8.94. The first-order valence-corrected chi connectivity index (χ1v) is 5.70. The maximum Gasteiger partial charge on any atom is 0.338 e. The molecule has 0 aliphatic rings. The largest absolute Gasteiger partial charge is 0.508 e. The second-order valence-electron chi connectivity index (χ2n) is 3.04. The van der Waals surface area contributed by atoms with Gasteiger partial charge in [-0.3, -0.25) is 0 Å². The average molecular weight is 224 g/mol. The molecule has 1 aromatic carbocycles. The Balaban J connectivity index is 0.00000106. The van der Waals surface area contributed by atoms with Crippen molar-refractivity contribution in [3.63, 3.8) is 0 Å². The first kappa shape index (κ1) is 14.5. The molecule has 0 unspecified atom stereocenters. The number of phenolic OH excluding ortho intramolecular Hbond substituents is 1. The molecule has 0 saturated carbocycles. The Morgan fingerprint density at radius 3 is 2.31 bits per heavy atom. The molecule has 0 spiro atoms. The summed E-state index contributed by atoms with van der Waals surface area (Å²) in [6.07, 6.45) is 1.88.